The second-order valence-corrected chi connectivity index (χ2v) is 16.1. The van der Waals surface area contributed by atoms with E-state index >= 15 is 0 Å². The molecule has 0 nitrogen and oxygen atoms in total. The standard InChI is InChI=1S/C34H45Cl3Si/c1-2-3-4-5-6-7-8-9-10-11-12-13-14-15-28-38(32-22-16-29(35)17-23-32,33-24-18-30(36)19-25-33)34-26-20-31(37)21-27-34/h16-27H,2-15,28H2,1H3. The maximum atomic E-state index is 6.32. The van der Waals surface area contributed by atoms with Crippen LogP contribution in [0, 0.1) is 0 Å². The van der Waals surface area contributed by atoms with Crippen LogP contribution in [0.1, 0.15) is 96.8 Å². The minimum absolute atomic E-state index is 0.778. The fourth-order valence-corrected chi connectivity index (χ4v) is 11.0. The number of hydrogen-bond donors (Lipinski definition) is 0. The van der Waals surface area contributed by atoms with E-state index in [9.17, 15) is 0 Å². The molecule has 0 fully saturated rings. The fraction of sp³-hybridized carbons (Fsp3) is 0.471. The summed E-state index contributed by atoms with van der Waals surface area (Å²) in [6.45, 7) is 2.29. The molecule has 0 spiro atoms. The van der Waals surface area contributed by atoms with Gasteiger partial charge in [-0.15, -0.1) is 0 Å². The van der Waals surface area contributed by atoms with Crippen molar-refractivity contribution in [2.45, 2.75) is 103 Å². The fourth-order valence-electron chi connectivity index (χ4n) is 5.72. The summed E-state index contributed by atoms with van der Waals surface area (Å²) in [5.74, 6) is 0. The Morgan fingerprint density at radius 3 is 0.947 bits per heavy atom. The zero-order valence-electron chi connectivity index (χ0n) is 23.2. The van der Waals surface area contributed by atoms with Gasteiger partial charge >= 0.3 is 0 Å². The Kier molecular flexibility index (Phi) is 14.4. The smallest absolute Gasteiger partial charge is 0.0843 e. The van der Waals surface area contributed by atoms with E-state index in [0.29, 0.717) is 0 Å². The molecule has 0 aliphatic rings. The summed E-state index contributed by atoms with van der Waals surface area (Å²) >= 11 is 18.9. The van der Waals surface area contributed by atoms with Crippen molar-refractivity contribution in [1.82, 2.24) is 0 Å². The van der Waals surface area contributed by atoms with E-state index in [1.807, 2.05) is 36.4 Å². The monoisotopic (exact) mass is 586 g/mol. The number of halogens is 3. The van der Waals surface area contributed by atoms with Crippen LogP contribution in [-0.4, -0.2) is 8.07 Å². The zero-order chi connectivity index (χ0) is 27.1. The third kappa shape index (κ3) is 9.74. The molecule has 38 heavy (non-hydrogen) atoms. The first-order valence-corrected chi connectivity index (χ1v) is 18.2. The third-order valence-corrected chi connectivity index (χ3v) is 13.7. The average Bonchev–Trinajstić information content (AvgIpc) is 2.93. The number of unbranched alkanes of at least 4 members (excludes halogenated alkanes) is 13. The van der Waals surface area contributed by atoms with E-state index in [0.717, 1.165) is 21.1 Å². The first-order chi connectivity index (χ1) is 18.6. The Morgan fingerprint density at radius 1 is 0.395 bits per heavy atom. The summed E-state index contributed by atoms with van der Waals surface area (Å²) in [6, 6.07) is 26.8. The Bertz CT molecular complexity index is 918. The van der Waals surface area contributed by atoms with Crippen LogP contribution in [-0.2, 0) is 0 Å². The molecule has 0 aliphatic heterocycles. The molecule has 0 unspecified atom stereocenters. The summed E-state index contributed by atoms with van der Waals surface area (Å²) in [6.07, 6.45) is 19.2. The molecule has 3 aromatic rings. The molecule has 206 valence electrons. The zero-order valence-corrected chi connectivity index (χ0v) is 26.4. The number of hydrogen-bond acceptors (Lipinski definition) is 0. The third-order valence-electron chi connectivity index (χ3n) is 7.92. The van der Waals surface area contributed by atoms with Gasteiger partial charge in [0.25, 0.3) is 0 Å². The van der Waals surface area contributed by atoms with Crippen molar-refractivity contribution in [1.29, 1.82) is 0 Å². The maximum absolute atomic E-state index is 6.32. The topological polar surface area (TPSA) is 0 Å². The van der Waals surface area contributed by atoms with Crippen LogP contribution in [0.2, 0.25) is 21.1 Å². The predicted molar refractivity (Wildman–Crippen MR) is 174 cm³/mol. The van der Waals surface area contributed by atoms with Crippen LogP contribution in [0.3, 0.4) is 0 Å². The molecule has 4 heteroatoms. The van der Waals surface area contributed by atoms with Crippen molar-refractivity contribution in [2.24, 2.45) is 0 Å². The lowest BCUT2D eigenvalue weighted by Gasteiger charge is -2.34. The first kappa shape index (κ1) is 31.3. The molecule has 0 atom stereocenters. The van der Waals surface area contributed by atoms with Gasteiger partial charge in [0.1, 0.15) is 8.07 Å². The highest BCUT2D eigenvalue weighted by Crippen LogP contribution is 2.21. The van der Waals surface area contributed by atoms with Crippen LogP contribution in [0.15, 0.2) is 72.8 Å². The quantitative estimate of drug-likeness (QED) is 0.0788. The molecule has 0 bridgehead atoms. The maximum Gasteiger partial charge on any atom is 0.148 e. The van der Waals surface area contributed by atoms with Crippen LogP contribution < -0.4 is 15.6 Å². The molecule has 0 aromatic heterocycles. The average molecular weight is 588 g/mol. The van der Waals surface area contributed by atoms with Crippen molar-refractivity contribution in [3.05, 3.63) is 87.9 Å². The molecule has 0 radical (unpaired) electrons. The van der Waals surface area contributed by atoms with Gasteiger partial charge in [0.05, 0.1) is 0 Å². The normalized spacial score (nSPS) is 11.7. The van der Waals surface area contributed by atoms with E-state index in [1.165, 1.54) is 105 Å². The highest BCUT2D eigenvalue weighted by atomic mass is 35.5. The Balaban J connectivity index is 1.59. The Morgan fingerprint density at radius 2 is 0.658 bits per heavy atom. The second kappa shape index (κ2) is 17.4. The van der Waals surface area contributed by atoms with Gasteiger partial charge in [-0.3, -0.25) is 0 Å². The molecule has 0 saturated heterocycles. The molecule has 0 heterocycles. The molecular formula is C34H45Cl3Si. The van der Waals surface area contributed by atoms with Crippen molar-refractivity contribution in [3.8, 4) is 0 Å². The molecule has 0 amide bonds. The van der Waals surface area contributed by atoms with Gasteiger partial charge in [0.2, 0.25) is 0 Å². The van der Waals surface area contributed by atoms with E-state index in [1.54, 1.807) is 0 Å². The van der Waals surface area contributed by atoms with Gasteiger partial charge in [-0.2, -0.15) is 0 Å². The van der Waals surface area contributed by atoms with Crippen molar-refractivity contribution in [2.75, 3.05) is 0 Å². The summed E-state index contributed by atoms with van der Waals surface area (Å²) in [5.41, 5.74) is 0. The van der Waals surface area contributed by atoms with Gasteiger partial charge in [-0.25, -0.2) is 0 Å². The molecule has 0 N–H and O–H groups in total. The summed E-state index contributed by atoms with van der Waals surface area (Å²) in [5, 5.41) is 6.50. The van der Waals surface area contributed by atoms with E-state index in [4.69, 9.17) is 34.8 Å². The van der Waals surface area contributed by atoms with Gasteiger partial charge in [0, 0.05) is 15.1 Å². The van der Waals surface area contributed by atoms with Gasteiger partial charge in [-0.1, -0.05) is 168 Å². The van der Waals surface area contributed by atoms with Gasteiger partial charge in [-0.05, 0) is 58.0 Å². The van der Waals surface area contributed by atoms with Gasteiger partial charge < -0.3 is 0 Å². The van der Waals surface area contributed by atoms with E-state index in [2.05, 4.69) is 43.3 Å². The van der Waals surface area contributed by atoms with Crippen LogP contribution >= 0.6 is 34.8 Å². The lowest BCUT2D eigenvalue weighted by molar-refractivity contribution is 0.538. The van der Waals surface area contributed by atoms with Crippen molar-refractivity contribution >= 4 is 58.4 Å². The second-order valence-electron chi connectivity index (χ2n) is 10.8. The molecular weight excluding hydrogens is 543 g/mol. The lowest BCUT2D eigenvalue weighted by Crippen LogP contribution is -2.66. The minimum atomic E-state index is -2.27. The van der Waals surface area contributed by atoms with Crippen molar-refractivity contribution < 1.29 is 0 Å². The van der Waals surface area contributed by atoms with Crippen molar-refractivity contribution in [3.63, 3.8) is 0 Å². The van der Waals surface area contributed by atoms with Crippen LogP contribution in [0.25, 0.3) is 0 Å². The first-order valence-electron chi connectivity index (χ1n) is 14.8. The van der Waals surface area contributed by atoms with Gasteiger partial charge in [0.15, 0.2) is 0 Å². The Hall–Kier alpha value is -1.25. The number of benzene rings is 3. The highest BCUT2D eigenvalue weighted by Gasteiger charge is 2.38. The highest BCUT2D eigenvalue weighted by molar-refractivity contribution is 7.11. The van der Waals surface area contributed by atoms with E-state index < -0.39 is 8.07 Å². The van der Waals surface area contributed by atoms with Crippen LogP contribution in [0.5, 0.6) is 0 Å². The molecule has 3 rings (SSSR count). The number of rotatable bonds is 18. The largest absolute Gasteiger partial charge is 0.148 e. The summed E-state index contributed by atoms with van der Waals surface area (Å²) in [4.78, 5) is 0. The SMILES string of the molecule is CCCCCCCCCCCCCCCC[Si](c1ccc(Cl)cc1)(c1ccc(Cl)cc1)c1ccc(Cl)cc1. The minimum Gasteiger partial charge on any atom is -0.0843 e. The predicted octanol–water partition coefficient (Wildman–Crippen LogP) is 10.6. The molecule has 3 aromatic carbocycles. The van der Waals surface area contributed by atoms with E-state index in [-0.39, 0.29) is 0 Å². The Labute approximate surface area is 248 Å². The molecule has 0 aliphatic carbocycles. The molecule has 0 saturated carbocycles. The lowest BCUT2D eigenvalue weighted by atomic mass is 10.0. The summed E-state index contributed by atoms with van der Waals surface area (Å²) < 4.78 is 0. The van der Waals surface area contributed by atoms with Crippen LogP contribution in [0.4, 0.5) is 0 Å². The summed E-state index contributed by atoms with van der Waals surface area (Å²) in [7, 11) is -2.27.